The Kier molecular flexibility index (Phi) is 4.55. The van der Waals surface area contributed by atoms with E-state index in [-0.39, 0.29) is 43.9 Å². The minimum Gasteiger partial charge on any atom is -0.371 e. The summed E-state index contributed by atoms with van der Waals surface area (Å²) in [6.45, 7) is -0.202. The van der Waals surface area contributed by atoms with Gasteiger partial charge in [-0.25, -0.2) is 0 Å². The van der Waals surface area contributed by atoms with Gasteiger partial charge >= 0.3 is 12.4 Å². The molecule has 1 aliphatic heterocycles. The number of hydrogen-bond donors (Lipinski definition) is 1. The lowest BCUT2D eigenvalue weighted by Gasteiger charge is -2.35. The molecule has 0 amide bonds. The van der Waals surface area contributed by atoms with Gasteiger partial charge in [-0.15, -0.1) is 0 Å². The van der Waals surface area contributed by atoms with Crippen LogP contribution in [0.15, 0.2) is 12.3 Å². The van der Waals surface area contributed by atoms with Crippen LogP contribution in [0.5, 0.6) is 0 Å². The van der Waals surface area contributed by atoms with E-state index in [0.29, 0.717) is 6.20 Å². The van der Waals surface area contributed by atoms with Crippen LogP contribution in [0.25, 0.3) is 0 Å². The molecule has 2 N–H and O–H groups in total. The maximum atomic E-state index is 13.0. The molecule has 22 heavy (non-hydrogen) atoms. The second-order valence-electron chi connectivity index (χ2n) is 5.20. The molecule has 124 valence electrons. The van der Waals surface area contributed by atoms with E-state index in [1.165, 1.54) is 11.0 Å². The van der Waals surface area contributed by atoms with Crippen LogP contribution >= 0.6 is 0 Å². The fourth-order valence-electron chi connectivity index (χ4n) is 2.53. The first-order chi connectivity index (χ1) is 10.1. The van der Waals surface area contributed by atoms with Crippen LogP contribution in [0.1, 0.15) is 24.1 Å². The van der Waals surface area contributed by atoms with Crippen LogP contribution in [0.2, 0.25) is 0 Å². The molecule has 1 fully saturated rings. The molecular weight excluding hydrogens is 312 g/mol. The first kappa shape index (κ1) is 16.9. The van der Waals surface area contributed by atoms with Crippen molar-refractivity contribution in [2.75, 3.05) is 18.0 Å². The fraction of sp³-hybridized carbons (Fsp3) is 0.615. The molecular formula is C13H15F6N3. The predicted octanol–water partition coefficient (Wildman–Crippen LogP) is 3.34. The van der Waals surface area contributed by atoms with Gasteiger partial charge in [0.05, 0.1) is 22.9 Å². The highest BCUT2D eigenvalue weighted by atomic mass is 19.4. The number of rotatable bonds is 2. The van der Waals surface area contributed by atoms with Gasteiger partial charge in [-0.05, 0) is 18.9 Å². The second kappa shape index (κ2) is 5.94. The molecule has 2 rings (SSSR count). The molecule has 0 unspecified atom stereocenters. The largest absolute Gasteiger partial charge is 0.419 e. The van der Waals surface area contributed by atoms with E-state index < -0.39 is 23.8 Å². The van der Waals surface area contributed by atoms with Crippen molar-refractivity contribution in [2.24, 2.45) is 11.7 Å². The Balaban J connectivity index is 2.25. The van der Waals surface area contributed by atoms with Gasteiger partial charge in [0.25, 0.3) is 0 Å². The van der Waals surface area contributed by atoms with E-state index >= 15 is 0 Å². The van der Waals surface area contributed by atoms with Gasteiger partial charge < -0.3 is 10.6 Å². The second-order valence-corrected chi connectivity index (χ2v) is 5.20. The molecule has 3 nitrogen and oxygen atoms in total. The van der Waals surface area contributed by atoms with Crippen molar-refractivity contribution in [3.05, 3.63) is 23.5 Å². The highest BCUT2D eigenvalue weighted by Gasteiger charge is 2.42. The molecule has 0 saturated carbocycles. The summed E-state index contributed by atoms with van der Waals surface area (Å²) >= 11 is 0. The summed E-state index contributed by atoms with van der Waals surface area (Å²) in [6, 6.07) is 1.21. The van der Waals surface area contributed by atoms with E-state index in [1.807, 2.05) is 0 Å². The summed E-state index contributed by atoms with van der Waals surface area (Å²) < 4.78 is 77.0. The topological polar surface area (TPSA) is 42.1 Å². The number of halogens is 6. The Morgan fingerprint density at radius 2 is 1.73 bits per heavy atom. The number of nitrogens with zero attached hydrogens (tertiary/aromatic N) is 2. The van der Waals surface area contributed by atoms with Gasteiger partial charge in [-0.2, -0.15) is 26.3 Å². The molecule has 2 heterocycles. The van der Waals surface area contributed by atoms with Gasteiger partial charge in [0.15, 0.2) is 0 Å². The number of aromatic nitrogens is 1. The van der Waals surface area contributed by atoms with Crippen molar-refractivity contribution in [1.82, 2.24) is 4.98 Å². The van der Waals surface area contributed by atoms with Crippen LogP contribution in [-0.2, 0) is 12.7 Å². The lowest BCUT2D eigenvalue weighted by atomic mass is 9.95. The Morgan fingerprint density at radius 3 is 2.18 bits per heavy atom. The zero-order valence-electron chi connectivity index (χ0n) is 11.5. The van der Waals surface area contributed by atoms with Crippen molar-refractivity contribution < 1.29 is 26.3 Å². The quantitative estimate of drug-likeness (QED) is 0.847. The van der Waals surface area contributed by atoms with Crippen molar-refractivity contribution in [2.45, 2.75) is 31.7 Å². The molecule has 0 aliphatic carbocycles. The standard InChI is InChI=1S/C13H15F6N3/c14-12(15,16)8-1-3-22(4-2-8)11-5-9(6-20)21-7-10(11)13(17,18)19/h5,7-8H,1-4,6,20H2. The maximum absolute atomic E-state index is 13.0. The zero-order valence-corrected chi connectivity index (χ0v) is 11.5. The van der Waals surface area contributed by atoms with Crippen LogP contribution in [0.4, 0.5) is 32.0 Å². The molecule has 1 aromatic rings. The fourth-order valence-corrected chi connectivity index (χ4v) is 2.53. The first-order valence-electron chi connectivity index (χ1n) is 6.70. The molecule has 9 heteroatoms. The summed E-state index contributed by atoms with van der Waals surface area (Å²) in [6.07, 6.45) is -8.68. The van der Waals surface area contributed by atoms with Crippen LogP contribution in [-0.4, -0.2) is 24.2 Å². The first-order valence-corrected chi connectivity index (χ1v) is 6.70. The minimum atomic E-state index is -4.61. The van der Waals surface area contributed by atoms with Crippen molar-refractivity contribution in [1.29, 1.82) is 0 Å². The highest BCUT2D eigenvalue weighted by Crippen LogP contribution is 2.40. The van der Waals surface area contributed by atoms with E-state index in [9.17, 15) is 26.3 Å². The summed E-state index contributed by atoms with van der Waals surface area (Å²) in [7, 11) is 0. The number of piperidine rings is 1. The third-order valence-electron chi connectivity index (χ3n) is 3.75. The monoisotopic (exact) mass is 327 g/mol. The minimum absolute atomic E-state index is 0.0375. The molecule has 1 saturated heterocycles. The van der Waals surface area contributed by atoms with E-state index in [1.54, 1.807) is 0 Å². The molecule has 1 aliphatic rings. The van der Waals surface area contributed by atoms with Crippen molar-refractivity contribution in [3.63, 3.8) is 0 Å². The van der Waals surface area contributed by atoms with Crippen LogP contribution in [0.3, 0.4) is 0 Å². The van der Waals surface area contributed by atoms with Crippen molar-refractivity contribution in [3.8, 4) is 0 Å². The maximum Gasteiger partial charge on any atom is 0.419 e. The summed E-state index contributed by atoms with van der Waals surface area (Å²) in [4.78, 5) is 4.95. The Hall–Kier alpha value is -1.51. The van der Waals surface area contributed by atoms with Gasteiger partial charge in [0.2, 0.25) is 0 Å². The lowest BCUT2D eigenvalue weighted by molar-refractivity contribution is -0.179. The van der Waals surface area contributed by atoms with E-state index in [2.05, 4.69) is 4.98 Å². The number of anilines is 1. The van der Waals surface area contributed by atoms with Crippen molar-refractivity contribution >= 4 is 5.69 Å². The number of alkyl halides is 6. The van der Waals surface area contributed by atoms with Gasteiger partial charge in [-0.3, -0.25) is 4.98 Å². The third kappa shape index (κ3) is 3.63. The van der Waals surface area contributed by atoms with Gasteiger partial charge in [0, 0.05) is 25.8 Å². The molecule has 0 aromatic carbocycles. The van der Waals surface area contributed by atoms with Crippen LogP contribution in [0, 0.1) is 5.92 Å². The third-order valence-corrected chi connectivity index (χ3v) is 3.75. The van der Waals surface area contributed by atoms with E-state index in [0.717, 1.165) is 0 Å². The van der Waals surface area contributed by atoms with Gasteiger partial charge in [-0.1, -0.05) is 0 Å². The Morgan fingerprint density at radius 1 is 1.14 bits per heavy atom. The summed E-state index contributed by atoms with van der Waals surface area (Å²) in [5.74, 6) is -1.46. The zero-order chi connectivity index (χ0) is 16.5. The van der Waals surface area contributed by atoms with Gasteiger partial charge in [0.1, 0.15) is 0 Å². The average Bonchev–Trinajstić information content (AvgIpc) is 2.45. The number of pyridine rings is 1. The average molecular weight is 327 g/mol. The molecule has 0 bridgehead atoms. The predicted molar refractivity (Wildman–Crippen MR) is 68.1 cm³/mol. The summed E-state index contributed by atoms with van der Waals surface area (Å²) in [5, 5.41) is 0. The molecule has 0 radical (unpaired) electrons. The SMILES string of the molecule is NCc1cc(N2CCC(C(F)(F)F)CC2)c(C(F)(F)F)cn1. The highest BCUT2D eigenvalue weighted by molar-refractivity contribution is 5.55. The number of nitrogens with two attached hydrogens (primary N) is 1. The molecule has 1 aromatic heterocycles. The lowest BCUT2D eigenvalue weighted by Crippen LogP contribution is -2.39. The smallest absolute Gasteiger partial charge is 0.371 e. The summed E-state index contributed by atoms with van der Waals surface area (Å²) in [5.41, 5.74) is 4.54. The Labute approximate surface area is 123 Å². The Bertz CT molecular complexity index is 517. The normalized spacial score (nSPS) is 17.9. The molecule has 0 atom stereocenters. The van der Waals surface area contributed by atoms with E-state index in [4.69, 9.17) is 5.73 Å². The van der Waals surface area contributed by atoms with Crippen LogP contribution < -0.4 is 10.6 Å². The number of hydrogen-bond acceptors (Lipinski definition) is 3. The molecule has 0 spiro atoms.